The van der Waals surface area contributed by atoms with Crippen molar-refractivity contribution in [2.75, 3.05) is 32.7 Å². The van der Waals surface area contributed by atoms with E-state index in [-0.39, 0.29) is 28.2 Å². The van der Waals surface area contributed by atoms with E-state index in [1.165, 1.54) is 38.8 Å². The third kappa shape index (κ3) is 4.69. The lowest BCUT2D eigenvalue weighted by molar-refractivity contribution is 0.0666. The number of piperidine rings is 1. The standard InChI is InChI=1S/C24H35N3O3/c1-24(2)14-20-18(21(28)15-24)13-19(22(29)25-20)23(30)27-11-7-17(8-12-27)16-26-9-5-3-4-6-10-26/h13,17H,3-12,14-16H2,1-2H3,(H,25,29). The Morgan fingerprint density at radius 1 is 1.03 bits per heavy atom. The van der Waals surface area contributed by atoms with Gasteiger partial charge in [0.1, 0.15) is 5.56 Å². The van der Waals surface area contributed by atoms with Gasteiger partial charge in [0, 0.05) is 37.3 Å². The molecule has 30 heavy (non-hydrogen) atoms. The van der Waals surface area contributed by atoms with Gasteiger partial charge in [-0.3, -0.25) is 14.4 Å². The van der Waals surface area contributed by atoms with E-state index in [9.17, 15) is 14.4 Å². The fraction of sp³-hybridized carbons (Fsp3) is 0.708. The van der Waals surface area contributed by atoms with Crippen LogP contribution in [0.4, 0.5) is 0 Å². The highest BCUT2D eigenvalue weighted by molar-refractivity contribution is 6.02. The second-order valence-corrected chi connectivity index (χ2v) is 10.3. The average Bonchev–Trinajstić information content (AvgIpc) is 2.95. The molecule has 0 saturated carbocycles. The summed E-state index contributed by atoms with van der Waals surface area (Å²) in [5.41, 5.74) is 0.791. The lowest BCUT2D eigenvalue weighted by Gasteiger charge is -2.35. The van der Waals surface area contributed by atoms with Gasteiger partial charge in [-0.25, -0.2) is 0 Å². The summed E-state index contributed by atoms with van der Waals surface area (Å²) < 4.78 is 0. The number of amides is 1. The molecule has 6 nitrogen and oxygen atoms in total. The fourth-order valence-corrected chi connectivity index (χ4v) is 5.36. The molecule has 2 aliphatic heterocycles. The number of hydrogen-bond acceptors (Lipinski definition) is 4. The van der Waals surface area contributed by atoms with Crippen LogP contribution in [0.2, 0.25) is 0 Å². The monoisotopic (exact) mass is 413 g/mol. The molecule has 0 bridgehead atoms. The van der Waals surface area contributed by atoms with Crippen LogP contribution in [0.25, 0.3) is 0 Å². The van der Waals surface area contributed by atoms with Gasteiger partial charge in [-0.05, 0) is 62.6 Å². The van der Waals surface area contributed by atoms with E-state index < -0.39 is 0 Å². The molecule has 1 aliphatic carbocycles. The molecular formula is C24H35N3O3. The Bertz CT molecular complexity index is 857. The summed E-state index contributed by atoms with van der Waals surface area (Å²) in [5.74, 6) is 0.408. The van der Waals surface area contributed by atoms with E-state index in [1.807, 2.05) is 13.8 Å². The van der Waals surface area contributed by atoms with Crippen LogP contribution < -0.4 is 5.56 Å². The number of hydrogen-bond donors (Lipinski definition) is 1. The van der Waals surface area contributed by atoms with E-state index in [0.717, 1.165) is 19.4 Å². The molecule has 164 valence electrons. The van der Waals surface area contributed by atoms with Gasteiger partial charge in [0.05, 0.1) is 0 Å². The first-order chi connectivity index (χ1) is 14.3. The average molecular weight is 414 g/mol. The molecule has 0 unspecified atom stereocenters. The molecule has 0 spiro atoms. The highest BCUT2D eigenvalue weighted by atomic mass is 16.2. The summed E-state index contributed by atoms with van der Waals surface area (Å²) in [4.78, 5) is 45.5. The van der Waals surface area contributed by atoms with E-state index in [1.54, 1.807) is 11.0 Å². The Morgan fingerprint density at radius 2 is 1.70 bits per heavy atom. The maximum atomic E-state index is 13.1. The predicted octanol–water partition coefficient (Wildman–Crippen LogP) is 3.26. The second kappa shape index (κ2) is 8.66. The van der Waals surface area contributed by atoms with Crippen molar-refractivity contribution in [3.05, 3.63) is 33.2 Å². The van der Waals surface area contributed by atoms with Gasteiger partial charge in [0.15, 0.2) is 5.78 Å². The van der Waals surface area contributed by atoms with Crippen molar-refractivity contribution in [2.45, 2.75) is 65.2 Å². The highest BCUT2D eigenvalue weighted by Gasteiger charge is 2.34. The molecule has 2 fully saturated rings. The maximum absolute atomic E-state index is 13.1. The first kappa shape index (κ1) is 21.3. The number of aromatic amines is 1. The summed E-state index contributed by atoms with van der Waals surface area (Å²) >= 11 is 0. The van der Waals surface area contributed by atoms with Crippen LogP contribution in [-0.4, -0.2) is 59.2 Å². The number of nitrogens with one attached hydrogen (secondary N) is 1. The van der Waals surface area contributed by atoms with E-state index in [0.29, 0.717) is 43.1 Å². The fourth-order valence-electron chi connectivity index (χ4n) is 5.36. The van der Waals surface area contributed by atoms with Gasteiger partial charge in [-0.2, -0.15) is 0 Å². The second-order valence-electron chi connectivity index (χ2n) is 10.3. The third-order valence-electron chi connectivity index (χ3n) is 7.06. The number of pyridine rings is 1. The van der Waals surface area contributed by atoms with Crippen LogP contribution in [0.15, 0.2) is 10.9 Å². The number of carbonyl (C=O) groups excluding carboxylic acids is 2. The van der Waals surface area contributed by atoms with Crippen molar-refractivity contribution in [3.8, 4) is 0 Å². The van der Waals surface area contributed by atoms with Gasteiger partial charge in [-0.15, -0.1) is 0 Å². The molecule has 6 heteroatoms. The zero-order chi connectivity index (χ0) is 21.3. The number of Topliss-reactive ketones (excluding diaryl/α,β-unsaturated/α-hetero) is 1. The Balaban J connectivity index is 1.40. The molecular weight excluding hydrogens is 378 g/mol. The van der Waals surface area contributed by atoms with Crippen LogP contribution in [0, 0.1) is 11.3 Å². The first-order valence-electron chi connectivity index (χ1n) is 11.6. The normalized spacial score (nSPS) is 23.1. The number of likely N-dealkylation sites (tertiary alicyclic amines) is 2. The van der Waals surface area contributed by atoms with Crippen molar-refractivity contribution < 1.29 is 9.59 Å². The number of fused-ring (bicyclic) bond motifs is 1. The zero-order valence-electron chi connectivity index (χ0n) is 18.5. The Hall–Kier alpha value is -1.95. The molecule has 3 heterocycles. The highest BCUT2D eigenvalue weighted by Crippen LogP contribution is 2.33. The van der Waals surface area contributed by atoms with Crippen molar-refractivity contribution in [1.29, 1.82) is 0 Å². The molecule has 1 amide bonds. The molecule has 1 aromatic rings. The topological polar surface area (TPSA) is 73.5 Å². The first-order valence-corrected chi connectivity index (χ1v) is 11.6. The van der Waals surface area contributed by atoms with Gasteiger partial charge in [-0.1, -0.05) is 26.7 Å². The summed E-state index contributed by atoms with van der Waals surface area (Å²) in [5, 5.41) is 0. The molecule has 0 radical (unpaired) electrons. The summed E-state index contributed by atoms with van der Waals surface area (Å²) in [6.45, 7) is 8.97. The smallest absolute Gasteiger partial charge is 0.261 e. The number of ketones is 1. The minimum absolute atomic E-state index is 0.0164. The number of H-pyrrole nitrogens is 1. The van der Waals surface area contributed by atoms with Gasteiger partial charge in [0.25, 0.3) is 11.5 Å². The predicted molar refractivity (Wildman–Crippen MR) is 117 cm³/mol. The Morgan fingerprint density at radius 3 is 2.37 bits per heavy atom. The largest absolute Gasteiger partial charge is 0.338 e. The number of rotatable bonds is 3. The van der Waals surface area contributed by atoms with Crippen molar-refractivity contribution in [1.82, 2.24) is 14.8 Å². The number of nitrogens with zero attached hydrogens (tertiary/aromatic N) is 2. The van der Waals surface area contributed by atoms with Gasteiger partial charge >= 0.3 is 0 Å². The summed E-state index contributed by atoms with van der Waals surface area (Å²) in [6.07, 6.45) is 8.36. The van der Waals surface area contributed by atoms with E-state index in [2.05, 4.69) is 9.88 Å². The molecule has 0 aromatic carbocycles. The Labute approximate surface area is 179 Å². The van der Waals surface area contributed by atoms with Gasteiger partial charge < -0.3 is 14.8 Å². The molecule has 0 atom stereocenters. The molecule has 4 rings (SSSR count). The lowest BCUT2D eigenvalue weighted by atomic mass is 9.75. The minimum atomic E-state index is -0.365. The van der Waals surface area contributed by atoms with Gasteiger partial charge in [0.2, 0.25) is 0 Å². The minimum Gasteiger partial charge on any atom is -0.338 e. The van der Waals surface area contributed by atoms with Crippen molar-refractivity contribution in [2.24, 2.45) is 11.3 Å². The van der Waals surface area contributed by atoms with Crippen LogP contribution in [0.5, 0.6) is 0 Å². The van der Waals surface area contributed by atoms with Crippen LogP contribution in [0.1, 0.15) is 85.2 Å². The summed E-state index contributed by atoms with van der Waals surface area (Å²) in [6, 6.07) is 1.55. The number of aromatic nitrogens is 1. The van der Waals surface area contributed by atoms with E-state index >= 15 is 0 Å². The SMILES string of the molecule is CC1(C)CC(=O)c2cc(C(=O)N3CCC(CN4CCCCCC4)CC3)c(=O)[nH]c2C1. The third-order valence-corrected chi connectivity index (χ3v) is 7.06. The quantitative estimate of drug-likeness (QED) is 0.825. The zero-order valence-corrected chi connectivity index (χ0v) is 18.5. The van der Waals surface area contributed by atoms with Crippen molar-refractivity contribution in [3.63, 3.8) is 0 Å². The van der Waals surface area contributed by atoms with E-state index in [4.69, 9.17) is 0 Å². The maximum Gasteiger partial charge on any atom is 0.261 e. The Kier molecular flexibility index (Phi) is 6.14. The van der Waals surface area contributed by atoms with Crippen LogP contribution in [-0.2, 0) is 6.42 Å². The molecule has 3 aliphatic rings. The number of carbonyl (C=O) groups is 2. The van der Waals surface area contributed by atoms with Crippen LogP contribution >= 0.6 is 0 Å². The molecule has 1 aromatic heterocycles. The lowest BCUT2D eigenvalue weighted by Crippen LogP contribution is -2.43. The summed E-state index contributed by atoms with van der Waals surface area (Å²) in [7, 11) is 0. The van der Waals surface area contributed by atoms with Crippen molar-refractivity contribution >= 4 is 11.7 Å². The van der Waals surface area contributed by atoms with Crippen LogP contribution in [0.3, 0.4) is 0 Å². The molecule has 2 saturated heterocycles. The molecule has 1 N–H and O–H groups in total.